The molecule has 4 rings (SSSR count). The Labute approximate surface area is 185 Å². The van der Waals surface area contributed by atoms with E-state index in [1.165, 1.54) is 0 Å². The van der Waals surface area contributed by atoms with Crippen molar-refractivity contribution in [1.29, 1.82) is 0 Å². The highest BCUT2D eigenvalue weighted by Crippen LogP contribution is 2.26. The highest BCUT2D eigenvalue weighted by Gasteiger charge is 2.14. The van der Waals surface area contributed by atoms with Gasteiger partial charge in [-0.05, 0) is 24.3 Å². The molecule has 0 spiro atoms. The van der Waals surface area contributed by atoms with Crippen LogP contribution in [0, 0.1) is 0 Å². The third kappa shape index (κ3) is 4.40. The maximum absolute atomic E-state index is 12.8. The second-order valence-corrected chi connectivity index (χ2v) is 7.16. The van der Waals surface area contributed by atoms with Crippen LogP contribution < -0.4 is 14.8 Å². The number of ether oxygens (including phenoxy) is 3. The van der Waals surface area contributed by atoms with Gasteiger partial charge in [0.25, 0.3) is 5.91 Å². The molecule has 164 valence electrons. The molecule has 4 aromatic rings. The van der Waals surface area contributed by atoms with E-state index in [0.717, 1.165) is 22.3 Å². The number of benzene rings is 2. The van der Waals surface area contributed by atoms with Gasteiger partial charge in [-0.25, -0.2) is 9.67 Å². The van der Waals surface area contributed by atoms with Crippen LogP contribution in [0.5, 0.6) is 11.5 Å². The maximum Gasteiger partial charge on any atom is 0.257 e. The Morgan fingerprint density at radius 3 is 2.62 bits per heavy atom. The van der Waals surface area contributed by atoms with E-state index in [2.05, 4.69) is 15.4 Å². The van der Waals surface area contributed by atoms with Crippen LogP contribution in [0.3, 0.4) is 0 Å². The normalized spacial score (nSPS) is 10.8. The number of amides is 1. The molecule has 32 heavy (non-hydrogen) atoms. The van der Waals surface area contributed by atoms with Crippen molar-refractivity contribution in [2.75, 3.05) is 26.6 Å². The number of hydrogen-bond acceptors (Lipinski definition) is 6. The van der Waals surface area contributed by atoms with Crippen LogP contribution in [0.4, 0.5) is 5.69 Å². The second kappa shape index (κ2) is 9.49. The molecule has 0 aliphatic rings. The third-order valence-electron chi connectivity index (χ3n) is 5.12. The first-order valence-electron chi connectivity index (χ1n) is 10.0. The fourth-order valence-electron chi connectivity index (χ4n) is 3.47. The SMILES string of the molecule is COCc1ccccc1NC(=O)c1cnc2c(cnn2Cc2ccc(OC)cc2OC)c1. The first-order valence-corrected chi connectivity index (χ1v) is 10.0. The third-order valence-corrected chi connectivity index (χ3v) is 5.12. The lowest BCUT2D eigenvalue weighted by Crippen LogP contribution is -2.14. The quantitative estimate of drug-likeness (QED) is 0.454. The van der Waals surface area contributed by atoms with E-state index in [1.807, 2.05) is 42.5 Å². The lowest BCUT2D eigenvalue weighted by Gasteiger charge is -2.11. The van der Waals surface area contributed by atoms with E-state index in [4.69, 9.17) is 14.2 Å². The summed E-state index contributed by atoms with van der Waals surface area (Å²) in [7, 11) is 4.85. The maximum atomic E-state index is 12.8. The van der Waals surface area contributed by atoms with Crippen molar-refractivity contribution in [3.8, 4) is 11.5 Å². The molecule has 0 aliphatic carbocycles. The lowest BCUT2D eigenvalue weighted by atomic mass is 10.1. The van der Waals surface area contributed by atoms with Gasteiger partial charge in [-0.1, -0.05) is 18.2 Å². The molecule has 0 saturated heterocycles. The fraction of sp³-hybridized carbons (Fsp3) is 0.208. The molecule has 1 amide bonds. The minimum Gasteiger partial charge on any atom is -0.497 e. The summed E-state index contributed by atoms with van der Waals surface area (Å²) in [5.41, 5.74) is 3.68. The predicted molar refractivity (Wildman–Crippen MR) is 121 cm³/mol. The molecule has 0 unspecified atom stereocenters. The number of hydrogen-bond donors (Lipinski definition) is 1. The van der Waals surface area contributed by atoms with E-state index in [9.17, 15) is 4.79 Å². The number of pyridine rings is 1. The van der Waals surface area contributed by atoms with E-state index in [1.54, 1.807) is 44.5 Å². The van der Waals surface area contributed by atoms with Crippen molar-refractivity contribution < 1.29 is 19.0 Å². The van der Waals surface area contributed by atoms with Gasteiger partial charge in [-0.3, -0.25) is 4.79 Å². The zero-order chi connectivity index (χ0) is 22.5. The van der Waals surface area contributed by atoms with E-state index >= 15 is 0 Å². The minimum atomic E-state index is -0.243. The average molecular weight is 432 g/mol. The van der Waals surface area contributed by atoms with Crippen LogP contribution in [0.25, 0.3) is 11.0 Å². The van der Waals surface area contributed by atoms with Crippen LogP contribution in [0.2, 0.25) is 0 Å². The van der Waals surface area contributed by atoms with Crippen LogP contribution in [-0.2, 0) is 17.9 Å². The van der Waals surface area contributed by atoms with Crippen molar-refractivity contribution in [2.45, 2.75) is 13.2 Å². The Morgan fingerprint density at radius 1 is 1.00 bits per heavy atom. The number of anilines is 1. The van der Waals surface area contributed by atoms with Crippen molar-refractivity contribution in [3.63, 3.8) is 0 Å². The number of nitrogens with one attached hydrogen (secondary N) is 1. The summed E-state index contributed by atoms with van der Waals surface area (Å²) in [5.74, 6) is 1.18. The summed E-state index contributed by atoms with van der Waals surface area (Å²) < 4.78 is 17.7. The Hall–Kier alpha value is -3.91. The zero-order valence-corrected chi connectivity index (χ0v) is 18.2. The van der Waals surface area contributed by atoms with Crippen LogP contribution in [0.1, 0.15) is 21.5 Å². The Kier molecular flexibility index (Phi) is 6.32. The van der Waals surface area contributed by atoms with Gasteiger partial charge in [0.2, 0.25) is 0 Å². The van der Waals surface area contributed by atoms with Gasteiger partial charge in [-0.15, -0.1) is 0 Å². The Morgan fingerprint density at radius 2 is 1.84 bits per heavy atom. The first kappa shape index (κ1) is 21.3. The molecule has 0 bridgehead atoms. The van der Waals surface area contributed by atoms with Gasteiger partial charge in [0, 0.05) is 41.6 Å². The lowest BCUT2D eigenvalue weighted by molar-refractivity contribution is 0.102. The summed E-state index contributed by atoms with van der Waals surface area (Å²) in [6.45, 7) is 0.884. The molecular weight excluding hydrogens is 408 g/mol. The molecule has 1 N–H and O–H groups in total. The Bertz CT molecular complexity index is 1250. The largest absolute Gasteiger partial charge is 0.497 e. The highest BCUT2D eigenvalue weighted by molar-refractivity contribution is 6.05. The van der Waals surface area contributed by atoms with Crippen molar-refractivity contribution in [3.05, 3.63) is 77.6 Å². The monoisotopic (exact) mass is 432 g/mol. The number of rotatable bonds is 8. The second-order valence-electron chi connectivity index (χ2n) is 7.16. The van der Waals surface area contributed by atoms with E-state index < -0.39 is 0 Å². The summed E-state index contributed by atoms with van der Waals surface area (Å²) in [6.07, 6.45) is 3.26. The van der Waals surface area contributed by atoms with E-state index in [0.29, 0.717) is 35.8 Å². The van der Waals surface area contributed by atoms with Gasteiger partial charge in [0.15, 0.2) is 5.65 Å². The number of para-hydroxylation sites is 1. The summed E-state index contributed by atoms with van der Waals surface area (Å²) >= 11 is 0. The number of fused-ring (bicyclic) bond motifs is 1. The molecule has 2 aromatic carbocycles. The van der Waals surface area contributed by atoms with Gasteiger partial charge in [-0.2, -0.15) is 5.10 Å². The number of aromatic nitrogens is 3. The van der Waals surface area contributed by atoms with Crippen LogP contribution in [-0.4, -0.2) is 42.0 Å². The molecule has 2 aromatic heterocycles. The zero-order valence-electron chi connectivity index (χ0n) is 18.2. The van der Waals surface area contributed by atoms with Gasteiger partial charge >= 0.3 is 0 Å². The van der Waals surface area contributed by atoms with Gasteiger partial charge in [0.05, 0.1) is 39.1 Å². The smallest absolute Gasteiger partial charge is 0.257 e. The molecule has 0 radical (unpaired) electrons. The number of carbonyl (C=O) groups is 1. The molecular formula is C24H24N4O4. The molecule has 8 heteroatoms. The van der Waals surface area contributed by atoms with Crippen LogP contribution in [0.15, 0.2) is 60.9 Å². The average Bonchev–Trinajstić information content (AvgIpc) is 3.22. The van der Waals surface area contributed by atoms with Crippen molar-refractivity contribution in [1.82, 2.24) is 14.8 Å². The molecule has 0 aliphatic heterocycles. The van der Waals surface area contributed by atoms with Crippen molar-refractivity contribution in [2.24, 2.45) is 0 Å². The van der Waals surface area contributed by atoms with Gasteiger partial charge < -0.3 is 19.5 Å². The fourth-order valence-corrected chi connectivity index (χ4v) is 3.47. The molecule has 8 nitrogen and oxygen atoms in total. The number of methoxy groups -OCH3 is 3. The highest BCUT2D eigenvalue weighted by atomic mass is 16.5. The van der Waals surface area contributed by atoms with Crippen LogP contribution >= 0.6 is 0 Å². The topological polar surface area (TPSA) is 87.5 Å². The summed E-state index contributed by atoms with van der Waals surface area (Å²) in [6, 6.07) is 15.0. The minimum absolute atomic E-state index is 0.243. The van der Waals surface area contributed by atoms with Gasteiger partial charge in [0.1, 0.15) is 11.5 Å². The van der Waals surface area contributed by atoms with Crippen molar-refractivity contribution >= 4 is 22.6 Å². The standard InChI is InChI=1S/C24H24N4O4/c1-30-15-17-6-4-5-7-21(17)27-24(29)19-10-18-13-26-28(23(18)25-12-19)14-16-8-9-20(31-2)11-22(16)32-3/h4-13H,14-15H2,1-3H3,(H,27,29). The molecule has 2 heterocycles. The number of carbonyl (C=O) groups excluding carboxylic acids is 1. The van der Waals surface area contributed by atoms with E-state index in [-0.39, 0.29) is 5.91 Å². The predicted octanol–water partition coefficient (Wildman–Crippen LogP) is 3.90. The summed E-state index contributed by atoms with van der Waals surface area (Å²) in [5, 5.41) is 8.16. The first-order chi connectivity index (χ1) is 15.6. The molecule has 0 saturated carbocycles. The molecule has 0 fully saturated rings. The Balaban J connectivity index is 1.56. The molecule has 0 atom stereocenters. The summed E-state index contributed by atoms with van der Waals surface area (Å²) in [4.78, 5) is 17.3. The number of nitrogens with zero attached hydrogens (tertiary/aromatic N) is 3.